The quantitative estimate of drug-likeness (QED) is 0.0952. The van der Waals surface area contributed by atoms with Crippen LogP contribution in [0.2, 0.25) is 0 Å². The van der Waals surface area contributed by atoms with Gasteiger partial charge in [0.05, 0.1) is 34.2 Å². The van der Waals surface area contributed by atoms with Crippen molar-refractivity contribution in [1.29, 1.82) is 0 Å². The Morgan fingerprint density at radius 2 is 0.380 bits per heavy atom. The monoisotopic (exact) mass is 1860 g/mol. The maximum absolute atomic E-state index is 6.03. The van der Waals surface area contributed by atoms with E-state index >= 15 is 0 Å². The van der Waals surface area contributed by atoms with Crippen LogP contribution in [-0.4, -0.2) is 29.9 Å². The fraction of sp³-hybridized carbons (Fsp3) is 0. The van der Waals surface area contributed by atoms with Crippen molar-refractivity contribution in [2.75, 3.05) is 0 Å². The molecular weight excluding hydrogens is 1780 g/mol. The van der Waals surface area contributed by atoms with Gasteiger partial charge in [0, 0.05) is 139 Å². The van der Waals surface area contributed by atoms with Gasteiger partial charge >= 0.3 is 0 Å². The number of pyridine rings is 2. The first-order valence-electron chi connectivity index (χ1n) is 47.6. The van der Waals surface area contributed by atoms with Crippen LogP contribution in [0.5, 0.6) is 0 Å². The smallest absolute Gasteiger partial charge is 0.160 e. The summed E-state index contributed by atoms with van der Waals surface area (Å²) in [6.45, 7) is 0. The van der Waals surface area contributed by atoms with Gasteiger partial charge < -0.3 is 4.42 Å². The van der Waals surface area contributed by atoms with E-state index in [2.05, 4.69) is 411 Å². The van der Waals surface area contributed by atoms with Gasteiger partial charge in [-0.15, -0.1) is 34.0 Å². The maximum Gasteiger partial charge on any atom is 0.160 e. The zero-order valence-electron chi connectivity index (χ0n) is 76.8. The summed E-state index contributed by atoms with van der Waals surface area (Å²) in [7, 11) is 0. The highest BCUT2D eigenvalue weighted by Crippen LogP contribution is 2.45. The average Bonchev–Trinajstić information content (AvgIpc) is 1.58. The minimum absolute atomic E-state index is 0.711. The van der Waals surface area contributed by atoms with Crippen LogP contribution in [0.4, 0.5) is 0 Å². The van der Waals surface area contributed by atoms with Gasteiger partial charge in [-0.1, -0.05) is 388 Å². The number of thiophene rings is 3. The van der Waals surface area contributed by atoms with Crippen LogP contribution in [0.15, 0.2) is 514 Å². The minimum atomic E-state index is 0.711. The molecule has 0 N–H and O–H groups in total. The van der Waals surface area contributed by atoms with E-state index in [0.29, 0.717) is 5.82 Å². The Labute approximate surface area is 833 Å². The summed E-state index contributed by atoms with van der Waals surface area (Å²) >= 11 is 5.56. The second-order valence-corrected chi connectivity index (χ2v) is 38.8. The maximum atomic E-state index is 6.03. The molecule has 142 heavy (non-hydrogen) atoms. The van der Waals surface area contributed by atoms with E-state index in [9.17, 15) is 0 Å². The molecule has 0 aliphatic rings. The molecule has 7 nitrogen and oxygen atoms in total. The van der Waals surface area contributed by atoms with E-state index in [4.69, 9.17) is 29.3 Å². The van der Waals surface area contributed by atoms with Gasteiger partial charge in [-0.05, 0) is 187 Å². The summed E-state index contributed by atoms with van der Waals surface area (Å²) in [4.78, 5) is 29.8. The number of aromatic nitrogens is 6. The van der Waals surface area contributed by atoms with Crippen LogP contribution in [0, 0.1) is 0 Å². The Hall–Kier alpha value is -17.9. The topological polar surface area (TPSA) is 90.5 Å². The molecule has 27 rings (SSSR count). The molecule has 0 radical (unpaired) electrons. The lowest BCUT2D eigenvalue weighted by atomic mass is 9.97. The summed E-state index contributed by atoms with van der Waals surface area (Å²) in [6, 6.07) is 176. The first kappa shape index (κ1) is 85.7. The number of furan rings is 1. The van der Waals surface area contributed by atoms with Crippen molar-refractivity contribution < 1.29 is 4.42 Å². The molecule has 0 bridgehead atoms. The van der Waals surface area contributed by atoms with Crippen LogP contribution in [0.3, 0.4) is 0 Å². The van der Waals surface area contributed by atoms with Crippen LogP contribution in [0.1, 0.15) is 0 Å². The molecule has 8 heterocycles. The van der Waals surface area contributed by atoms with E-state index in [1.807, 2.05) is 137 Å². The number of para-hydroxylation sites is 1. The van der Waals surface area contributed by atoms with Gasteiger partial charge in [0.15, 0.2) is 11.6 Å². The van der Waals surface area contributed by atoms with E-state index in [-0.39, 0.29) is 0 Å². The lowest BCUT2D eigenvalue weighted by Crippen LogP contribution is -1.96. The Bertz CT molecular complexity index is 9240. The lowest BCUT2D eigenvalue weighted by Gasteiger charge is -2.11. The molecule has 8 aromatic heterocycles. The molecule has 0 atom stereocenters. The molecule has 27 aromatic rings. The third-order valence-electron chi connectivity index (χ3n) is 26.6. The van der Waals surface area contributed by atoms with Crippen LogP contribution >= 0.6 is 34.0 Å². The molecule has 0 unspecified atom stereocenters. The van der Waals surface area contributed by atoms with E-state index in [1.54, 1.807) is 0 Å². The number of benzene rings is 19. The zero-order valence-corrected chi connectivity index (χ0v) is 79.3. The van der Waals surface area contributed by atoms with E-state index in [0.717, 1.165) is 145 Å². The van der Waals surface area contributed by atoms with Gasteiger partial charge in [-0.3, -0.25) is 4.98 Å². The van der Waals surface area contributed by atoms with Crippen LogP contribution in [0.25, 0.3) is 262 Å². The predicted octanol–water partition coefficient (Wildman–Crippen LogP) is 37.1. The number of nitrogens with zero attached hydrogens (tertiary/aromatic N) is 6. The standard InChI is InChI=1S/C52H32N2S2.C40H26N2O.C40H26N2S/c1-2-9-37(10-3-1)52-53-46(32-47(54-52)41-12-8-11-38(29-41)40-26-28-51-45(31-40)43-14-5-7-16-49(43)56-51)36-23-21-34(22-24-36)33-17-19-35(20-18-33)39-25-27-50-44(30-39)42-13-4-6-15-48(42)55-50;1-3-9-29(10-4-1)37-23-32(24-38(42-37)30-11-5-2-6-12-30)27-15-17-28(18-16-27)33-21-34(26-41-25-33)31-19-20-40-36(22-31)35-13-7-8-14-39(35)43-40;1-3-9-30(10-4-1)36-26-37(42-40(41-36)32-11-5-2-6-12-32)31-21-19-28(20-22-31)27-15-17-29(18-16-27)33-23-24-39-35(25-33)34-13-7-8-14-38(34)43-39/h1-32H;2*1-26H. The largest absolute Gasteiger partial charge is 0.456 e. The Morgan fingerprint density at radius 1 is 0.134 bits per heavy atom. The summed E-state index contributed by atoms with van der Waals surface area (Å²) < 4.78 is 14.0. The normalized spacial score (nSPS) is 11.4. The molecule has 0 fully saturated rings. The number of rotatable bonds is 16. The highest BCUT2D eigenvalue weighted by atomic mass is 32.1. The molecule has 0 saturated heterocycles. The van der Waals surface area contributed by atoms with Crippen molar-refractivity contribution in [1.82, 2.24) is 29.9 Å². The second-order valence-electron chi connectivity index (χ2n) is 35.5. The summed E-state index contributed by atoms with van der Waals surface area (Å²) in [5.41, 5.74) is 34.4. The third kappa shape index (κ3) is 17.5. The molecule has 0 amide bonds. The number of hydrogen-bond donors (Lipinski definition) is 0. The first-order valence-corrected chi connectivity index (χ1v) is 50.0. The number of hydrogen-bond acceptors (Lipinski definition) is 10. The molecule has 666 valence electrons. The first-order chi connectivity index (χ1) is 70.3. The summed E-state index contributed by atoms with van der Waals surface area (Å²) in [6.07, 6.45) is 3.85. The lowest BCUT2D eigenvalue weighted by molar-refractivity contribution is 0.669. The fourth-order valence-corrected chi connectivity index (χ4v) is 22.5. The van der Waals surface area contributed by atoms with E-state index in [1.165, 1.54) is 111 Å². The Kier molecular flexibility index (Phi) is 22.9. The summed E-state index contributed by atoms with van der Waals surface area (Å²) in [5, 5.41) is 10.2. The van der Waals surface area contributed by atoms with Crippen molar-refractivity contribution in [3.05, 3.63) is 510 Å². The Balaban J connectivity index is 0.000000113. The van der Waals surface area contributed by atoms with Gasteiger partial charge in [-0.2, -0.15) is 0 Å². The van der Waals surface area contributed by atoms with Crippen LogP contribution < -0.4 is 0 Å². The summed E-state index contributed by atoms with van der Waals surface area (Å²) in [5.74, 6) is 1.44. The van der Waals surface area contributed by atoms with Gasteiger partial charge in [-0.25, -0.2) is 24.9 Å². The van der Waals surface area contributed by atoms with Crippen molar-refractivity contribution in [2.45, 2.75) is 0 Å². The molecule has 0 aliphatic carbocycles. The zero-order chi connectivity index (χ0) is 94.2. The molecule has 19 aromatic carbocycles. The molecule has 0 spiro atoms. The van der Waals surface area contributed by atoms with Crippen molar-refractivity contribution in [3.63, 3.8) is 0 Å². The van der Waals surface area contributed by atoms with Crippen LogP contribution in [-0.2, 0) is 0 Å². The highest BCUT2D eigenvalue weighted by molar-refractivity contribution is 7.26. The SMILES string of the molecule is c1ccc(-c2cc(-c3ccc(-c4ccc(-c5ccc6sc7ccccc7c6c5)cc4)cc3)nc(-c3ccccc3)n2)cc1.c1ccc(-c2cc(-c3ccc(-c4cncc(-c5ccc6oc7ccccc7c6c5)c4)cc3)cc(-c3ccccc3)n2)cc1.c1ccc(-c2nc(-c3ccc(-c4ccc(-c5ccc6sc7ccccc7c6c5)cc4)cc3)cc(-c3cccc(-c4ccc5sc6ccccc6c5c4)c3)n2)cc1. The average molecular weight is 1870 g/mol. The molecular formula is C132H84N6OS3. The predicted molar refractivity (Wildman–Crippen MR) is 599 cm³/mol. The molecule has 0 saturated carbocycles. The molecule has 10 heteroatoms. The van der Waals surface area contributed by atoms with Gasteiger partial charge in [0.25, 0.3) is 0 Å². The molecule has 0 aliphatic heterocycles. The van der Waals surface area contributed by atoms with Crippen molar-refractivity contribution >= 4 is 116 Å². The highest BCUT2D eigenvalue weighted by Gasteiger charge is 2.20. The second kappa shape index (κ2) is 37.9. The van der Waals surface area contributed by atoms with Gasteiger partial charge in [0.2, 0.25) is 0 Å². The fourth-order valence-electron chi connectivity index (χ4n) is 19.2. The Morgan fingerprint density at radius 3 is 0.796 bits per heavy atom. The number of fused-ring (bicyclic) bond motifs is 12. The van der Waals surface area contributed by atoms with E-state index < -0.39 is 0 Å². The minimum Gasteiger partial charge on any atom is -0.456 e. The third-order valence-corrected chi connectivity index (χ3v) is 30.1. The van der Waals surface area contributed by atoms with Gasteiger partial charge in [0.1, 0.15) is 11.2 Å². The van der Waals surface area contributed by atoms with Crippen molar-refractivity contribution in [3.8, 4) is 179 Å². The van der Waals surface area contributed by atoms with Crippen molar-refractivity contribution in [2.24, 2.45) is 0 Å².